The molecule has 0 aromatic heterocycles. The fraction of sp³-hybridized carbons (Fsp3) is 0.300. The van der Waals surface area contributed by atoms with Crippen LogP contribution < -0.4 is 15.1 Å². The van der Waals surface area contributed by atoms with Crippen molar-refractivity contribution < 1.29 is 9.59 Å². The van der Waals surface area contributed by atoms with Gasteiger partial charge in [0, 0.05) is 44.6 Å². The van der Waals surface area contributed by atoms with Crippen molar-refractivity contribution in [1.29, 1.82) is 0 Å². The number of nitrogens with zero attached hydrogens (tertiary/aromatic N) is 2. The summed E-state index contributed by atoms with van der Waals surface area (Å²) in [5.74, 6) is 0.0565. The Kier molecular flexibility index (Phi) is 4.74. The molecule has 0 radical (unpaired) electrons. The smallest absolute Gasteiger partial charge is 0.251 e. The summed E-state index contributed by atoms with van der Waals surface area (Å²) in [6.45, 7) is 0.563. The molecule has 0 fully saturated rings. The van der Waals surface area contributed by atoms with Crippen molar-refractivity contribution >= 4 is 23.2 Å². The standard InChI is InChI=1S/C20H23N3O2/c1-22(2)17-6-4-5-15(12-17)20(25)21-10-9-14-7-8-18-16(11-14)13-19(24)23(18)3/h4-8,11-12H,9-10,13H2,1-3H3,(H,21,25). The van der Waals surface area contributed by atoms with Gasteiger partial charge in [0.25, 0.3) is 5.91 Å². The highest BCUT2D eigenvalue weighted by Crippen LogP contribution is 2.28. The molecule has 25 heavy (non-hydrogen) atoms. The van der Waals surface area contributed by atoms with E-state index in [-0.39, 0.29) is 11.8 Å². The normalized spacial score (nSPS) is 12.9. The van der Waals surface area contributed by atoms with Gasteiger partial charge in [0.05, 0.1) is 6.42 Å². The first kappa shape index (κ1) is 17.0. The van der Waals surface area contributed by atoms with Gasteiger partial charge in [0.15, 0.2) is 0 Å². The van der Waals surface area contributed by atoms with Gasteiger partial charge in [-0.05, 0) is 41.8 Å². The second kappa shape index (κ2) is 6.97. The van der Waals surface area contributed by atoms with Crippen LogP contribution in [0.15, 0.2) is 42.5 Å². The molecule has 5 nitrogen and oxygen atoms in total. The number of rotatable bonds is 5. The number of fused-ring (bicyclic) bond motifs is 1. The summed E-state index contributed by atoms with van der Waals surface area (Å²) < 4.78 is 0. The van der Waals surface area contributed by atoms with E-state index < -0.39 is 0 Å². The first-order valence-electron chi connectivity index (χ1n) is 8.39. The van der Waals surface area contributed by atoms with Gasteiger partial charge in [0.2, 0.25) is 5.91 Å². The summed E-state index contributed by atoms with van der Waals surface area (Å²) in [5.41, 5.74) is 4.84. The van der Waals surface area contributed by atoms with Crippen molar-refractivity contribution in [1.82, 2.24) is 5.32 Å². The molecular weight excluding hydrogens is 314 g/mol. The Bertz CT molecular complexity index is 814. The molecule has 2 aromatic rings. The molecule has 2 aromatic carbocycles. The van der Waals surface area contributed by atoms with E-state index in [1.165, 1.54) is 0 Å². The number of carbonyl (C=O) groups excluding carboxylic acids is 2. The summed E-state index contributed by atoms with van der Waals surface area (Å²) in [4.78, 5) is 27.7. The Morgan fingerprint density at radius 1 is 1.20 bits per heavy atom. The fourth-order valence-electron chi connectivity index (χ4n) is 3.03. The number of benzene rings is 2. The molecule has 0 atom stereocenters. The second-order valence-corrected chi connectivity index (χ2v) is 6.54. The summed E-state index contributed by atoms with van der Waals surface area (Å²) in [7, 11) is 5.70. The van der Waals surface area contributed by atoms with Gasteiger partial charge in [-0.15, -0.1) is 0 Å². The van der Waals surface area contributed by atoms with Crippen molar-refractivity contribution in [2.24, 2.45) is 0 Å². The third kappa shape index (κ3) is 3.65. The Hall–Kier alpha value is -2.82. The predicted octanol–water partition coefficient (Wildman–Crippen LogP) is 2.24. The summed E-state index contributed by atoms with van der Waals surface area (Å²) >= 11 is 0. The minimum atomic E-state index is -0.0697. The van der Waals surface area contributed by atoms with E-state index >= 15 is 0 Å². The Labute approximate surface area is 148 Å². The lowest BCUT2D eigenvalue weighted by molar-refractivity contribution is -0.117. The molecule has 5 heteroatoms. The number of carbonyl (C=O) groups is 2. The van der Waals surface area contributed by atoms with E-state index in [9.17, 15) is 9.59 Å². The number of likely N-dealkylation sites (N-methyl/N-ethyl adjacent to an activating group) is 1. The molecule has 0 spiro atoms. The van der Waals surface area contributed by atoms with Crippen LogP contribution in [0.1, 0.15) is 21.5 Å². The van der Waals surface area contributed by atoms with Crippen LogP contribution in [-0.4, -0.2) is 39.5 Å². The van der Waals surface area contributed by atoms with E-state index in [0.29, 0.717) is 18.5 Å². The van der Waals surface area contributed by atoms with Crippen molar-refractivity contribution in [3.63, 3.8) is 0 Å². The van der Waals surface area contributed by atoms with Crippen LogP contribution in [-0.2, 0) is 17.6 Å². The quantitative estimate of drug-likeness (QED) is 0.910. The average molecular weight is 337 g/mol. The number of hydrogen-bond acceptors (Lipinski definition) is 3. The van der Waals surface area contributed by atoms with E-state index in [1.54, 1.807) is 11.9 Å². The molecule has 1 aliphatic heterocycles. The van der Waals surface area contributed by atoms with Gasteiger partial charge in [-0.2, -0.15) is 0 Å². The third-order valence-corrected chi connectivity index (χ3v) is 4.55. The largest absolute Gasteiger partial charge is 0.378 e. The van der Waals surface area contributed by atoms with E-state index in [2.05, 4.69) is 11.4 Å². The molecule has 0 bridgehead atoms. The Morgan fingerprint density at radius 3 is 2.76 bits per heavy atom. The highest BCUT2D eigenvalue weighted by atomic mass is 16.2. The molecule has 1 N–H and O–H groups in total. The second-order valence-electron chi connectivity index (χ2n) is 6.54. The number of hydrogen-bond donors (Lipinski definition) is 1. The van der Waals surface area contributed by atoms with Gasteiger partial charge in [-0.3, -0.25) is 9.59 Å². The molecule has 0 unspecified atom stereocenters. The van der Waals surface area contributed by atoms with Crippen LogP contribution in [0.25, 0.3) is 0 Å². The van der Waals surface area contributed by atoms with Gasteiger partial charge in [-0.1, -0.05) is 18.2 Å². The minimum absolute atomic E-state index is 0.0697. The number of amides is 2. The van der Waals surface area contributed by atoms with Crippen LogP contribution in [0.4, 0.5) is 11.4 Å². The third-order valence-electron chi connectivity index (χ3n) is 4.55. The summed E-state index contributed by atoms with van der Waals surface area (Å²) in [6, 6.07) is 13.6. The maximum absolute atomic E-state index is 12.3. The van der Waals surface area contributed by atoms with E-state index in [1.807, 2.05) is 55.4 Å². The monoisotopic (exact) mass is 337 g/mol. The zero-order valence-electron chi connectivity index (χ0n) is 14.9. The van der Waals surface area contributed by atoms with Crippen LogP contribution in [0.5, 0.6) is 0 Å². The molecule has 3 rings (SSSR count). The highest BCUT2D eigenvalue weighted by molar-refractivity contribution is 6.01. The molecule has 0 aliphatic carbocycles. The lowest BCUT2D eigenvalue weighted by Crippen LogP contribution is -2.26. The molecule has 2 amide bonds. The minimum Gasteiger partial charge on any atom is -0.378 e. The van der Waals surface area contributed by atoms with Crippen LogP contribution in [0, 0.1) is 0 Å². The topological polar surface area (TPSA) is 52.7 Å². The Morgan fingerprint density at radius 2 is 2.00 bits per heavy atom. The SMILES string of the molecule is CN(C)c1cccc(C(=O)NCCc2ccc3c(c2)CC(=O)N3C)c1. The molecule has 1 heterocycles. The Balaban J connectivity index is 1.58. The number of nitrogens with one attached hydrogen (secondary N) is 1. The lowest BCUT2D eigenvalue weighted by atomic mass is 10.1. The first-order chi connectivity index (χ1) is 12.0. The average Bonchev–Trinajstić information content (AvgIpc) is 2.88. The molecule has 130 valence electrons. The molecule has 1 aliphatic rings. The van der Waals surface area contributed by atoms with Crippen LogP contribution in [0.2, 0.25) is 0 Å². The fourth-order valence-corrected chi connectivity index (χ4v) is 3.03. The first-order valence-corrected chi connectivity index (χ1v) is 8.39. The van der Waals surface area contributed by atoms with Crippen molar-refractivity contribution in [3.05, 3.63) is 59.2 Å². The zero-order chi connectivity index (χ0) is 18.0. The predicted molar refractivity (Wildman–Crippen MR) is 100 cm³/mol. The van der Waals surface area contributed by atoms with Gasteiger partial charge in [0.1, 0.15) is 0 Å². The van der Waals surface area contributed by atoms with Crippen molar-refractivity contribution in [3.8, 4) is 0 Å². The summed E-state index contributed by atoms with van der Waals surface area (Å²) in [6.07, 6.45) is 1.20. The van der Waals surface area contributed by atoms with Gasteiger partial charge >= 0.3 is 0 Å². The van der Waals surface area contributed by atoms with Crippen LogP contribution >= 0.6 is 0 Å². The van der Waals surface area contributed by atoms with Crippen molar-refractivity contribution in [2.75, 3.05) is 37.5 Å². The van der Waals surface area contributed by atoms with Gasteiger partial charge < -0.3 is 15.1 Å². The van der Waals surface area contributed by atoms with E-state index in [4.69, 9.17) is 0 Å². The van der Waals surface area contributed by atoms with Crippen LogP contribution in [0.3, 0.4) is 0 Å². The van der Waals surface area contributed by atoms with Gasteiger partial charge in [-0.25, -0.2) is 0 Å². The summed E-state index contributed by atoms with van der Waals surface area (Å²) in [5, 5.41) is 2.96. The van der Waals surface area contributed by atoms with E-state index in [0.717, 1.165) is 28.9 Å². The molecule has 0 saturated heterocycles. The highest BCUT2D eigenvalue weighted by Gasteiger charge is 2.23. The molecule has 0 saturated carbocycles. The maximum Gasteiger partial charge on any atom is 0.251 e. The number of anilines is 2. The molecular formula is C20H23N3O2. The lowest BCUT2D eigenvalue weighted by Gasteiger charge is -2.13. The maximum atomic E-state index is 12.3. The van der Waals surface area contributed by atoms with Crippen molar-refractivity contribution in [2.45, 2.75) is 12.8 Å². The zero-order valence-corrected chi connectivity index (χ0v) is 14.9.